The number of halogens is 2. The van der Waals surface area contributed by atoms with Crippen LogP contribution in [0.5, 0.6) is 0 Å². The first kappa shape index (κ1) is 13.6. The molecule has 1 aromatic rings. The first-order valence-electron chi connectivity index (χ1n) is 5.66. The fraction of sp³-hybridized carbons (Fsp3) is 0.462. The lowest BCUT2D eigenvalue weighted by molar-refractivity contribution is 0.0935. The molecule has 0 saturated heterocycles. The highest BCUT2D eigenvalue weighted by atomic mass is 19.2. The van der Waals surface area contributed by atoms with Crippen molar-refractivity contribution in [3.05, 3.63) is 35.4 Å². The van der Waals surface area contributed by atoms with E-state index in [2.05, 4.69) is 19.2 Å². The molecule has 0 bridgehead atoms. The number of benzene rings is 1. The van der Waals surface area contributed by atoms with Crippen LogP contribution < -0.4 is 5.32 Å². The summed E-state index contributed by atoms with van der Waals surface area (Å²) in [5.41, 5.74) is 0.138. The zero-order valence-corrected chi connectivity index (χ0v) is 10.3. The van der Waals surface area contributed by atoms with Crippen molar-refractivity contribution in [2.75, 3.05) is 0 Å². The fourth-order valence-electron chi connectivity index (χ4n) is 1.71. The van der Waals surface area contributed by atoms with Gasteiger partial charge in [0.1, 0.15) is 0 Å². The summed E-state index contributed by atoms with van der Waals surface area (Å²) < 4.78 is 25.6. The van der Waals surface area contributed by atoms with Crippen molar-refractivity contribution in [3.63, 3.8) is 0 Å². The molecule has 0 radical (unpaired) electrons. The normalized spacial score (nSPS) is 12.6. The molecule has 1 aromatic carbocycles. The van der Waals surface area contributed by atoms with Gasteiger partial charge in [0, 0.05) is 11.6 Å². The Bertz CT molecular complexity index is 404. The number of carbonyl (C=O) groups is 1. The lowest BCUT2D eigenvalue weighted by atomic mass is 10.0. The molecule has 0 fully saturated rings. The van der Waals surface area contributed by atoms with Gasteiger partial charge in [-0.2, -0.15) is 0 Å². The van der Waals surface area contributed by atoms with Crippen LogP contribution in [0.2, 0.25) is 0 Å². The molecule has 1 unspecified atom stereocenters. The van der Waals surface area contributed by atoms with Gasteiger partial charge in [0.25, 0.3) is 5.91 Å². The predicted molar refractivity (Wildman–Crippen MR) is 62.7 cm³/mol. The number of hydrogen-bond acceptors (Lipinski definition) is 1. The van der Waals surface area contributed by atoms with Gasteiger partial charge in [0.15, 0.2) is 11.6 Å². The zero-order chi connectivity index (χ0) is 13.0. The average molecular weight is 241 g/mol. The summed E-state index contributed by atoms with van der Waals surface area (Å²) in [5.74, 6) is -1.86. The van der Waals surface area contributed by atoms with E-state index in [0.717, 1.165) is 18.6 Å². The van der Waals surface area contributed by atoms with E-state index in [1.165, 1.54) is 6.07 Å². The summed E-state index contributed by atoms with van der Waals surface area (Å²) in [6, 6.07) is 3.15. The first-order chi connectivity index (χ1) is 7.90. The van der Waals surface area contributed by atoms with Crippen molar-refractivity contribution in [3.8, 4) is 0 Å². The van der Waals surface area contributed by atoms with Gasteiger partial charge >= 0.3 is 0 Å². The predicted octanol–water partition coefficient (Wildman–Crippen LogP) is 3.13. The molecule has 0 heterocycles. The van der Waals surface area contributed by atoms with Crippen LogP contribution in [-0.4, -0.2) is 11.9 Å². The Morgan fingerprint density at radius 2 is 1.88 bits per heavy atom. The van der Waals surface area contributed by atoms with E-state index in [-0.39, 0.29) is 17.5 Å². The van der Waals surface area contributed by atoms with Gasteiger partial charge in [-0.15, -0.1) is 0 Å². The molecule has 0 saturated carbocycles. The number of hydrogen-bond donors (Lipinski definition) is 1. The van der Waals surface area contributed by atoms with Crippen LogP contribution in [0.1, 0.15) is 37.6 Å². The van der Waals surface area contributed by atoms with Gasteiger partial charge in [0.05, 0.1) is 0 Å². The molecule has 1 rings (SSSR count). The molecular weight excluding hydrogens is 224 g/mol. The summed E-state index contributed by atoms with van der Waals surface area (Å²) in [5, 5.41) is 2.75. The van der Waals surface area contributed by atoms with Gasteiger partial charge in [-0.05, 0) is 37.5 Å². The third-order valence-corrected chi connectivity index (χ3v) is 2.38. The Morgan fingerprint density at radius 1 is 1.24 bits per heavy atom. The molecule has 94 valence electrons. The van der Waals surface area contributed by atoms with Crippen molar-refractivity contribution < 1.29 is 13.6 Å². The quantitative estimate of drug-likeness (QED) is 0.862. The molecule has 0 spiro atoms. The van der Waals surface area contributed by atoms with E-state index in [0.29, 0.717) is 5.92 Å². The highest BCUT2D eigenvalue weighted by Crippen LogP contribution is 2.10. The Hall–Kier alpha value is -1.45. The molecule has 17 heavy (non-hydrogen) atoms. The van der Waals surface area contributed by atoms with E-state index >= 15 is 0 Å². The van der Waals surface area contributed by atoms with E-state index in [1.807, 2.05) is 6.92 Å². The van der Waals surface area contributed by atoms with Gasteiger partial charge < -0.3 is 5.32 Å². The largest absolute Gasteiger partial charge is 0.350 e. The fourth-order valence-corrected chi connectivity index (χ4v) is 1.71. The summed E-state index contributed by atoms with van der Waals surface area (Å²) in [7, 11) is 0. The van der Waals surface area contributed by atoms with Crippen molar-refractivity contribution in [1.82, 2.24) is 5.32 Å². The average Bonchev–Trinajstić information content (AvgIpc) is 2.20. The third-order valence-electron chi connectivity index (χ3n) is 2.38. The van der Waals surface area contributed by atoms with Crippen molar-refractivity contribution in [2.24, 2.45) is 5.92 Å². The molecule has 2 nitrogen and oxygen atoms in total. The molecule has 0 aliphatic heterocycles. The monoisotopic (exact) mass is 241 g/mol. The second kappa shape index (κ2) is 5.75. The minimum atomic E-state index is -1.01. The Labute approximate surface area is 100 Å². The maximum absolute atomic E-state index is 12.9. The van der Waals surface area contributed by atoms with Crippen molar-refractivity contribution in [2.45, 2.75) is 33.2 Å². The topological polar surface area (TPSA) is 29.1 Å². The number of rotatable bonds is 4. The summed E-state index contributed by atoms with van der Waals surface area (Å²) >= 11 is 0. The molecular formula is C13H17F2NO. The maximum atomic E-state index is 12.9. The second-order valence-electron chi connectivity index (χ2n) is 4.63. The number of amides is 1. The van der Waals surface area contributed by atoms with Crippen LogP contribution in [0.15, 0.2) is 18.2 Å². The van der Waals surface area contributed by atoms with Crippen LogP contribution in [0.3, 0.4) is 0 Å². The smallest absolute Gasteiger partial charge is 0.251 e. The summed E-state index contributed by atoms with van der Waals surface area (Å²) in [6.45, 7) is 6.00. The van der Waals surface area contributed by atoms with Crippen LogP contribution in [0.4, 0.5) is 8.78 Å². The lowest BCUT2D eigenvalue weighted by Crippen LogP contribution is -2.33. The number of nitrogens with one attached hydrogen (secondary N) is 1. The van der Waals surface area contributed by atoms with Gasteiger partial charge in [-0.25, -0.2) is 8.78 Å². The highest BCUT2D eigenvalue weighted by Gasteiger charge is 2.12. The first-order valence-corrected chi connectivity index (χ1v) is 5.66. The molecule has 1 N–H and O–H groups in total. The van der Waals surface area contributed by atoms with E-state index < -0.39 is 11.6 Å². The Morgan fingerprint density at radius 3 is 2.41 bits per heavy atom. The minimum Gasteiger partial charge on any atom is -0.350 e. The van der Waals surface area contributed by atoms with Crippen molar-refractivity contribution in [1.29, 1.82) is 0 Å². The van der Waals surface area contributed by atoms with Crippen LogP contribution >= 0.6 is 0 Å². The third kappa shape index (κ3) is 4.13. The molecule has 1 atom stereocenters. The Kier molecular flexibility index (Phi) is 4.61. The SMILES string of the molecule is CC(C)CC(C)NC(=O)c1ccc(F)c(F)c1. The van der Waals surface area contributed by atoms with Gasteiger partial charge in [-0.3, -0.25) is 4.79 Å². The number of carbonyl (C=O) groups excluding carboxylic acids is 1. The Balaban J connectivity index is 2.66. The second-order valence-corrected chi connectivity index (χ2v) is 4.63. The minimum absolute atomic E-state index is 0.00983. The van der Waals surface area contributed by atoms with Crippen LogP contribution in [-0.2, 0) is 0 Å². The zero-order valence-electron chi connectivity index (χ0n) is 10.3. The molecule has 0 aromatic heterocycles. The molecule has 0 aliphatic carbocycles. The lowest BCUT2D eigenvalue weighted by Gasteiger charge is -2.15. The van der Waals surface area contributed by atoms with E-state index in [4.69, 9.17) is 0 Å². The van der Waals surface area contributed by atoms with E-state index in [1.54, 1.807) is 0 Å². The summed E-state index contributed by atoms with van der Waals surface area (Å²) in [6.07, 6.45) is 0.843. The van der Waals surface area contributed by atoms with Gasteiger partial charge in [-0.1, -0.05) is 13.8 Å². The van der Waals surface area contributed by atoms with Crippen molar-refractivity contribution >= 4 is 5.91 Å². The van der Waals surface area contributed by atoms with Gasteiger partial charge in [0.2, 0.25) is 0 Å². The summed E-state index contributed by atoms with van der Waals surface area (Å²) in [4.78, 5) is 11.7. The standard InChI is InChI=1S/C13H17F2NO/c1-8(2)6-9(3)16-13(17)10-4-5-11(14)12(15)7-10/h4-5,7-9H,6H2,1-3H3,(H,16,17). The highest BCUT2D eigenvalue weighted by molar-refractivity contribution is 5.94. The van der Waals surface area contributed by atoms with E-state index in [9.17, 15) is 13.6 Å². The maximum Gasteiger partial charge on any atom is 0.251 e. The molecule has 4 heteroatoms. The van der Waals surface area contributed by atoms with Crippen LogP contribution in [0.25, 0.3) is 0 Å². The van der Waals surface area contributed by atoms with Crippen LogP contribution in [0, 0.1) is 17.6 Å². The molecule has 0 aliphatic rings. The molecule has 1 amide bonds.